The highest BCUT2D eigenvalue weighted by Crippen LogP contribution is 2.18. The first-order valence-electron chi connectivity index (χ1n) is 9.90. The molecule has 0 amide bonds. The summed E-state index contributed by atoms with van der Waals surface area (Å²) in [7, 11) is 4.20. The number of likely N-dealkylation sites (tertiary alicyclic amines) is 1. The number of aliphatic imine (C=N–C) groups is 1. The van der Waals surface area contributed by atoms with Crippen LogP contribution in [0.5, 0.6) is 0 Å². The predicted octanol–water partition coefficient (Wildman–Crippen LogP) is 2.53. The molecule has 2 N–H and O–H groups in total. The fraction of sp³-hybridized carbons (Fsp3) is 0.667. The minimum atomic E-state index is 0.454. The van der Waals surface area contributed by atoms with Gasteiger partial charge in [0, 0.05) is 38.3 Å². The van der Waals surface area contributed by atoms with E-state index in [2.05, 4.69) is 86.5 Å². The van der Waals surface area contributed by atoms with Gasteiger partial charge in [0.2, 0.25) is 0 Å². The molecule has 5 nitrogen and oxygen atoms in total. The van der Waals surface area contributed by atoms with Crippen molar-refractivity contribution in [3.05, 3.63) is 35.4 Å². The molecule has 1 aromatic carbocycles. The van der Waals surface area contributed by atoms with Gasteiger partial charge in [-0.15, -0.1) is 0 Å². The third-order valence-corrected chi connectivity index (χ3v) is 4.95. The molecular formula is C21H37N5. The summed E-state index contributed by atoms with van der Waals surface area (Å²) in [6.07, 6.45) is 0. The van der Waals surface area contributed by atoms with E-state index in [4.69, 9.17) is 4.99 Å². The highest BCUT2D eigenvalue weighted by atomic mass is 15.3. The molecule has 0 aromatic heterocycles. The van der Waals surface area contributed by atoms with Crippen molar-refractivity contribution in [2.75, 3.05) is 33.7 Å². The zero-order valence-electron chi connectivity index (χ0n) is 17.4. The Balaban J connectivity index is 2.00. The summed E-state index contributed by atoms with van der Waals surface area (Å²) in [5, 5.41) is 7.06. The number of hydrogen-bond acceptors (Lipinski definition) is 3. The van der Waals surface area contributed by atoms with Crippen molar-refractivity contribution >= 4 is 5.96 Å². The summed E-state index contributed by atoms with van der Waals surface area (Å²) in [6.45, 7) is 13.8. The van der Waals surface area contributed by atoms with E-state index in [0.29, 0.717) is 24.5 Å². The van der Waals surface area contributed by atoms with Gasteiger partial charge in [-0.05, 0) is 51.9 Å². The average Bonchev–Trinajstić information content (AvgIpc) is 2.94. The van der Waals surface area contributed by atoms with Gasteiger partial charge in [0.05, 0.1) is 6.54 Å². The van der Waals surface area contributed by atoms with E-state index in [1.54, 1.807) is 0 Å². The van der Waals surface area contributed by atoms with Crippen LogP contribution < -0.4 is 10.6 Å². The van der Waals surface area contributed by atoms with Crippen LogP contribution in [0.25, 0.3) is 0 Å². The Morgan fingerprint density at radius 2 is 2.00 bits per heavy atom. The van der Waals surface area contributed by atoms with Crippen LogP contribution >= 0.6 is 0 Å². The van der Waals surface area contributed by atoms with E-state index in [1.807, 2.05) is 0 Å². The minimum absolute atomic E-state index is 0.454. The maximum absolute atomic E-state index is 4.83. The monoisotopic (exact) mass is 359 g/mol. The normalized spacial score (nSPS) is 21.6. The molecule has 1 aliphatic heterocycles. The standard InChI is InChI=1S/C21H37N5/c1-7-22-21(24-20-15-26(16(2)3)13-17(20)4)23-12-18-9-8-10-19(11-18)14-25(5)6/h8-11,16-17,20H,7,12-15H2,1-6H3,(H2,22,23,24). The molecule has 1 fully saturated rings. The highest BCUT2D eigenvalue weighted by Gasteiger charge is 2.31. The minimum Gasteiger partial charge on any atom is -0.357 e. The van der Waals surface area contributed by atoms with Crippen molar-refractivity contribution in [3.8, 4) is 0 Å². The van der Waals surface area contributed by atoms with E-state index >= 15 is 0 Å². The van der Waals surface area contributed by atoms with Crippen molar-refractivity contribution in [1.29, 1.82) is 0 Å². The third-order valence-electron chi connectivity index (χ3n) is 4.95. The second-order valence-corrected chi connectivity index (χ2v) is 8.03. The molecule has 2 rings (SSSR count). The van der Waals surface area contributed by atoms with Gasteiger partial charge in [-0.3, -0.25) is 4.90 Å². The van der Waals surface area contributed by atoms with Crippen molar-refractivity contribution in [3.63, 3.8) is 0 Å². The smallest absolute Gasteiger partial charge is 0.191 e. The Hall–Kier alpha value is -1.59. The maximum Gasteiger partial charge on any atom is 0.191 e. The SMILES string of the molecule is CCNC(=NCc1cccc(CN(C)C)c1)NC1CN(C(C)C)CC1C. The first-order chi connectivity index (χ1) is 12.4. The lowest BCUT2D eigenvalue weighted by Crippen LogP contribution is -2.46. The highest BCUT2D eigenvalue weighted by molar-refractivity contribution is 5.80. The summed E-state index contributed by atoms with van der Waals surface area (Å²) in [5.41, 5.74) is 2.59. The maximum atomic E-state index is 4.83. The van der Waals surface area contributed by atoms with E-state index in [1.165, 1.54) is 11.1 Å². The summed E-state index contributed by atoms with van der Waals surface area (Å²) in [5.74, 6) is 1.55. The lowest BCUT2D eigenvalue weighted by Gasteiger charge is -2.22. The molecule has 0 aliphatic carbocycles. The molecule has 0 saturated carbocycles. The Kier molecular flexibility index (Phi) is 7.91. The van der Waals surface area contributed by atoms with Crippen LogP contribution in [0.2, 0.25) is 0 Å². The van der Waals surface area contributed by atoms with Crippen LogP contribution in [0.1, 0.15) is 38.8 Å². The molecule has 0 spiro atoms. The largest absolute Gasteiger partial charge is 0.357 e. The van der Waals surface area contributed by atoms with Crippen LogP contribution in [0, 0.1) is 5.92 Å². The van der Waals surface area contributed by atoms with Gasteiger partial charge in [-0.2, -0.15) is 0 Å². The van der Waals surface area contributed by atoms with Gasteiger partial charge in [0.1, 0.15) is 0 Å². The Morgan fingerprint density at radius 3 is 2.62 bits per heavy atom. The lowest BCUT2D eigenvalue weighted by atomic mass is 10.1. The molecule has 2 atom stereocenters. The van der Waals surface area contributed by atoms with Crippen molar-refractivity contribution in [1.82, 2.24) is 20.4 Å². The molecule has 2 unspecified atom stereocenters. The van der Waals surface area contributed by atoms with Crippen molar-refractivity contribution in [2.45, 2.75) is 52.9 Å². The second kappa shape index (κ2) is 9.93. The Labute approximate surface area is 159 Å². The number of hydrogen-bond donors (Lipinski definition) is 2. The summed E-state index contributed by atoms with van der Waals surface area (Å²) < 4.78 is 0. The fourth-order valence-corrected chi connectivity index (χ4v) is 3.47. The fourth-order valence-electron chi connectivity index (χ4n) is 3.47. The van der Waals surface area contributed by atoms with E-state index < -0.39 is 0 Å². The van der Waals surface area contributed by atoms with Gasteiger partial charge in [0.15, 0.2) is 5.96 Å². The van der Waals surface area contributed by atoms with Crippen molar-refractivity contribution < 1.29 is 0 Å². The van der Waals surface area contributed by atoms with Gasteiger partial charge < -0.3 is 15.5 Å². The Morgan fingerprint density at radius 1 is 1.27 bits per heavy atom. The summed E-state index contributed by atoms with van der Waals surface area (Å²) in [4.78, 5) is 9.56. The van der Waals surface area contributed by atoms with Crippen LogP contribution in [0.15, 0.2) is 29.3 Å². The first kappa shape index (κ1) is 20.7. The zero-order chi connectivity index (χ0) is 19.1. The van der Waals surface area contributed by atoms with E-state index in [0.717, 1.165) is 32.1 Å². The van der Waals surface area contributed by atoms with Crippen molar-refractivity contribution in [2.24, 2.45) is 10.9 Å². The molecule has 1 heterocycles. The van der Waals surface area contributed by atoms with Gasteiger partial charge in [-0.25, -0.2) is 4.99 Å². The average molecular weight is 360 g/mol. The van der Waals surface area contributed by atoms with Gasteiger partial charge >= 0.3 is 0 Å². The van der Waals surface area contributed by atoms with Crippen LogP contribution in [-0.2, 0) is 13.1 Å². The van der Waals surface area contributed by atoms with E-state index in [9.17, 15) is 0 Å². The molecule has 1 aromatic rings. The van der Waals surface area contributed by atoms with E-state index in [-0.39, 0.29) is 0 Å². The molecule has 26 heavy (non-hydrogen) atoms. The molecule has 1 aliphatic rings. The molecule has 0 bridgehead atoms. The summed E-state index contributed by atoms with van der Waals surface area (Å²) in [6, 6.07) is 9.77. The topological polar surface area (TPSA) is 42.9 Å². The predicted molar refractivity (Wildman–Crippen MR) is 111 cm³/mol. The van der Waals surface area contributed by atoms with Crippen LogP contribution in [0.3, 0.4) is 0 Å². The number of guanidine groups is 1. The third kappa shape index (κ3) is 6.29. The number of nitrogens with one attached hydrogen (secondary N) is 2. The number of benzene rings is 1. The summed E-state index contributed by atoms with van der Waals surface area (Å²) >= 11 is 0. The Bertz CT molecular complexity index is 582. The van der Waals surface area contributed by atoms with Crippen LogP contribution in [0.4, 0.5) is 0 Å². The quantitative estimate of drug-likeness (QED) is 0.580. The molecule has 1 saturated heterocycles. The molecule has 5 heteroatoms. The van der Waals surface area contributed by atoms with Gasteiger partial charge in [0.25, 0.3) is 0 Å². The van der Waals surface area contributed by atoms with Gasteiger partial charge in [-0.1, -0.05) is 31.2 Å². The molecule has 146 valence electrons. The first-order valence-corrected chi connectivity index (χ1v) is 9.90. The van der Waals surface area contributed by atoms with Crippen LogP contribution in [-0.4, -0.2) is 61.6 Å². The molecule has 0 radical (unpaired) electrons. The second-order valence-electron chi connectivity index (χ2n) is 8.03. The number of nitrogens with zero attached hydrogens (tertiary/aromatic N) is 3. The zero-order valence-corrected chi connectivity index (χ0v) is 17.4. The lowest BCUT2D eigenvalue weighted by molar-refractivity contribution is 0.265. The molecular weight excluding hydrogens is 322 g/mol. The number of rotatable bonds is 7.